The lowest BCUT2D eigenvalue weighted by Crippen LogP contribution is -1.87. The number of furan rings is 1. The van der Waals surface area contributed by atoms with Crippen LogP contribution in [0.2, 0.25) is 5.22 Å². The second kappa shape index (κ2) is 5.68. The Morgan fingerprint density at radius 2 is 2.38 bits per heavy atom. The molecule has 0 fully saturated rings. The van der Waals surface area contributed by atoms with E-state index in [2.05, 4.69) is 19.2 Å². The van der Waals surface area contributed by atoms with E-state index in [9.17, 15) is 0 Å². The normalized spacial score (nSPS) is 10.3. The molecule has 0 saturated heterocycles. The predicted molar refractivity (Wildman–Crippen MR) is 62.9 cm³/mol. The van der Waals surface area contributed by atoms with E-state index in [1.807, 2.05) is 6.07 Å². The molecule has 0 radical (unpaired) electrons. The molecule has 0 aliphatic carbocycles. The van der Waals surface area contributed by atoms with Gasteiger partial charge in [0.05, 0.1) is 5.75 Å². The van der Waals surface area contributed by atoms with Gasteiger partial charge in [-0.3, -0.25) is 0 Å². The Hall–Kier alpha value is 0.01000. The Bertz CT molecular complexity index is 283. The summed E-state index contributed by atoms with van der Waals surface area (Å²) in [5, 5.41) is 0.448. The molecular formula is C9H11ClOS2. The minimum absolute atomic E-state index is 0.448. The van der Waals surface area contributed by atoms with Gasteiger partial charge in [0.2, 0.25) is 0 Å². The molecule has 1 aromatic rings. The Kier molecular flexibility index (Phi) is 4.84. The monoisotopic (exact) mass is 234 g/mol. The van der Waals surface area contributed by atoms with Crippen molar-refractivity contribution < 1.29 is 4.42 Å². The van der Waals surface area contributed by atoms with E-state index in [1.165, 1.54) is 0 Å². The summed E-state index contributed by atoms with van der Waals surface area (Å²) >= 11 is 11.5. The molecule has 13 heavy (non-hydrogen) atoms. The highest BCUT2D eigenvalue weighted by Crippen LogP contribution is 2.19. The van der Waals surface area contributed by atoms with Crippen molar-refractivity contribution in [1.29, 1.82) is 0 Å². The van der Waals surface area contributed by atoms with Crippen LogP contribution in [0, 0.1) is 0 Å². The Morgan fingerprint density at radius 1 is 1.62 bits per heavy atom. The highest BCUT2D eigenvalue weighted by molar-refractivity contribution is 7.98. The third-order valence-corrected chi connectivity index (χ3v) is 3.15. The van der Waals surface area contributed by atoms with Crippen LogP contribution in [0.5, 0.6) is 0 Å². The molecule has 0 amide bonds. The van der Waals surface area contributed by atoms with Crippen molar-refractivity contribution in [3.63, 3.8) is 0 Å². The van der Waals surface area contributed by atoms with Gasteiger partial charge < -0.3 is 4.42 Å². The average Bonchev–Trinajstić information content (AvgIpc) is 2.51. The van der Waals surface area contributed by atoms with Gasteiger partial charge in [-0.15, -0.1) is 11.8 Å². The molecule has 72 valence electrons. The molecule has 0 aliphatic heterocycles. The summed E-state index contributed by atoms with van der Waals surface area (Å²) in [6, 6.07) is 3.64. The predicted octanol–water partition coefficient (Wildman–Crippen LogP) is 3.65. The lowest BCUT2D eigenvalue weighted by atomic mass is 10.4. The fourth-order valence-corrected chi connectivity index (χ4v) is 2.05. The van der Waals surface area contributed by atoms with Gasteiger partial charge in [-0.1, -0.05) is 12.2 Å². The molecule has 0 atom stereocenters. The molecule has 0 bridgehead atoms. The number of thioether (sulfide) groups is 1. The maximum Gasteiger partial charge on any atom is 0.193 e. The molecular weight excluding hydrogens is 224 g/mol. The molecule has 1 aromatic heterocycles. The molecule has 0 saturated carbocycles. The van der Waals surface area contributed by atoms with Crippen molar-refractivity contribution in [3.05, 3.63) is 35.3 Å². The van der Waals surface area contributed by atoms with Crippen molar-refractivity contribution in [1.82, 2.24) is 0 Å². The fourth-order valence-electron chi connectivity index (χ4n) is 0.771. The third-order valence-electron chi connectivity index (χ3n) is 1.40. The van der Waals surface area contributed by atoms with Gasteiger partial charge >= 0.3 is 0 Å². The zero-order chi connectivity index (χ0) is 9.68. The van der Waals surface area contributed by atoms with Crippen LogP contribution in [-0.2, 0) is 5.75 Å². The van der Waals surface area contributed by atoms with Gasteiger partial charge in [-0.05, 0) is 23.7 Å². The Balaban J connectivity index is 2.24. The molecule has 0 unspecified atom stereocenters. The van der Waals surface area contributed by atoms with Gasteiger partial charge in [0.1, 0.15) is 5.76 Å². The van der Waals surface area contributed by atoms with E-state index < -0.39 is 0 Å². The fraction of sp³-hybridized carbons (Fsp3) is 0.333. The van der Waals surface area contributed by atoms with Crippen LogP contribution in [0.1, 0.15) is 5.76 Å². The van der Waals surface area contributed by atoms with Crippen molar-refractivity contribution in [2.75, 3.05) is 11.5 Å². The first-order chi connectivity index (χ1) is 6.22. The number of rotatable bonds is 5. The van der Waals surface area contributed by atoms with E-state index in [0.29, 0.717) is 5.22 Å². The lowest BCUT2D eigenvalue weighted by Gasteiger charge is -1.99. The highest BCUT2D eigenvalue weighted by Gasteiger charge is 2.00. The minimum atomic E-state index is 0.448. The quantitative estimate of drug-likeness (QED) is 0.617. The van der Waals surface area contributed by atoms with Crippen LogP contribution in [0.4, 0.5) is 0 Å². The maximum atomic E-state index is 5.62. The first-order valence-corrected chi connectivity index (χ1v) is 5.98. The van der Waals surface area contributed by atoms with Crippen LogP contribution in [0.3, 0.4) is 0 Å². The van der Waals surface area contributed by atoms with Crippen LogP contribution >= 0.6 is 36.0 Å². The molecule has 0 aliphatic rings. The van der Waals surface area contributed by atoms with Crippen molar-refractivity contribution >= 4 is 36.0 Å². The second-order valence-corrected chi connectivity index (χ2v) is 4.28. The molecule has 0 aromatic carbocycles. The summed E-state index contributed by atoms with van der Waals surface area (Å²) in [6.07, 6.45) is 0. The van der Waals surface area contributed by atoms with E-state index in [1.54, 1.807) is 17.8 Å². The molecule has 1 heterocycles. The number of hydrogen-bond donors (Lipinski definition) is 1. The number of halogens is 1. The number of hydrogen-bond acceptors (Lipinski definition) is 3. The zero-order valence-corrected chi connectivity index (χ0v) is 9.59. The van der Waals surface area contributed by atoms with Crippen molar-refractivity contribution in [3.8, 4) is 0 Å². The number of thiol groups is 1. The minimum Gasteiger partial charge on any atom is -0.449 e. The Morgan fingerprint density at radius 3 is 2.92 bits per heavy atom. The van der Waals surface area contributed by atoms with Gasteiger partial charge in [0.15, 0.2) is 5.22 Å². The summed E-state index contributed by atoms with van der Waals surface area (Å²) in [5.74, 6) is 3.40. The van der Waals surface area contributed by atoms with Gasteiger partial charge in [0, 0.05) is 11.5 Å². The SMILES string of the molecule is C=C(CS)CSCc1ccc(Cl)o1. The van der Waals surface area contributed by atoms with E-state index in [-0.39, 0.29) is 0 Å². The topological polar surface area (TPSA) is 13.1 Å². The standard InChI is InChI=1S/C9H11ClOS2/c1-7(4-12)5-13-6-8-2-3-9(10)11-8/h2-3,12H,1,4-6H2. The van der Waals surface area contributed by atoms with Crippen LogP contribution < -0.4 is 0 Å². The Labute approximate surface area is 92.9 Å². The van der Waals surface area contributed by atoms with E-state index in [0.717, 1.165) is 28.6 Å². The summed E-state index contributed by atoms with van der Waals surface area (Å²) in [5.41, 5.74) is 1.13. The summed E-state index contributed by atoms with van der Waals surface area (Å²) in [7, 11) is 0. The summed E-state index contributed by atoms with van der Waals surface area (Å²) in [4.78, 5) is 0. The van der Waals surface area contributed by atoms with E-state index in [4.69, 9.17) is 16.0 Å². The summed E-state index contributed by atoms with van der Waals surface area (Å²) in [6.45, 7) is 3.86. The summed E-state index contributed by atoms with van der Waals surface area (Å²) < 4.78 is 5.19. The van der Waals surface area contributed by atoms with Crippen LogP contribution in [-0.4, -0.2) is 11.5 Å². The molecule has 4 heteroatoms. The highest BCUT2D eigenvalue weighted by atomic mass is 35.5. The van der Waals surface area contributed by atoms with Gasteiger partial charge in [-0.25, -0.2) is 0 Å². The van der Waals surface area contributed by atoms with Crippen LogP contribution in [0.15, 0.2) is 28.7 Å². The third kappa shape index (κ3) is 4.16. The first-order valence-electron chi connectivity index (χ1n) is 3.82. The molecule has 0 N–H and O–H groups in total. The van der Waals surface area contributed by atoms with E-state index >= 15 is 0 Å². The maximum absolute atomic E-state index is 5.62. The zero-order valence-electron chi connectivity index (χ0n) is 7.12. The van der Waals surface area contributed by atoms with Gasteiger partial charge in [-0.2, -0.15) is 12.6 Å². The smallest absolute Gasteiger partial charge is 0.193 e. The largest absolute Gasteiger partial charge is 0.449 e. The van der Waals surface area contributed by atoms with Crippen molar-refractivity contribution in [2.24, 2.45) is 0 Å². The van der Waals surface area contributed by atoms with Crippen molar-refractivity contribution in [2.45, 2.75) is 5.75 Å². The lowest BCUT2D eigenvalue weighted by molar-refractivity contribution is 0.532. The molecule has 1 rings (SSSR count). The second-order valence-electron chi connectivity index (χ2n) is 2.61. The average molecular weight is 235 g/mol. The molecule has 1 nitrogen and oxygen atoms in total. The van der Waals surface area contributed by atoms with Crippen LogP contribution in [0.25, 0.3) is 0 Å². The molecule has 0 spiro atoms. The van der Waals surface area contributed by atoms with Gasteiger partial charge in [0.25, 0.3) is 0 Å². The first kappa shape index (κ1) is 11.1.